The second-order valence-corrected chi connectivity index (χ2v) is 6.87. The minimum Gasteiger partial charge on any atom is -0.381 e. The fourth-order valence-corrected chi connectivity index (χ4v) is 4.00. The van der Waals surface area contributed by atoms with Crippen molar-refractivity contribution in [2.45, 2.75) is 31.6 Å². The summed E-state index contributed by atoms with van der Waals surface area (Å²) in [6, 6.07) is 4.07. The van der Waals surface area contributed by atoms with Crippen LogP contribution >= 0.6 is 0 Å². The Hall–Kier alpha value is -1.95. The molecule has 2 aliphatic heterocycles. The Bertz CT molecular complexity index is 728. The third-order valence-electron chi connectivity index (χ3n) is 5.39. The molecule has 1 amide bonds. The fraction of sp³-hybridized carbons (Fsp3) is 0.611. The largest absolute Gasteiger partial charge is 0.381 e. The van der Waals surface area contributed by atoms with Gasteiger partial charge in [-0.05, 0) is 37.8 Å². The highest BCUT2D eigenvalue weighted by Crippen LogP contribution is 2.32. The Labute approximate surface area is 141 Å². The Morgan fingerprint density at radius 2 is 1.96 bits per heavy atom. The van der Waals surface area contributed by atoms with E-state index in [2.05, 4.69) is 16.0 Å². The molecule has 6 heteroatoms. The number of carbonyl (C=O) groups excluding carboxylic acids is 1. The summed E-state index contributed by atoms with van der Waals surface area (Å²) in [5, 5.41) is 5.85. The average molecular weight is 328 g/mol. The molecule has 4 heterocycles. The van der Waals surface area contributed by atoms with E-state index in [0.29, 0.717) is 11.8 Å². The van der Waals surface area contributed by atoms with Crippen molar-refractivity contribution < 1.29 is 9.53 Å². The van der Waals surface area contributed by atoms with Gasteiger partial charge in [-0.1, -0.05) is 0 Å². The maximum Gasteiger partial charge on any atom is 0.225 e. The zero-order valence-electron chi connectivity index (χ0n) is 14.1. The van der Waals surface area contributed by atoms with E-state index >= 15 is 0 Å². The van der Waals surface area contributed by atoms with Gasteiger partial charge < -0.3 is 9.64 Å². The van der Waals surface area contributed by atoms with Crippen molar-refractivity contribution >= 4 is 16.9 Å². The Balaban J connectivity index is 1.45. The van der Waals surface area contributed by atoms with Crippen LogP contribution in [0.5, 0.6) is 0 Å². The van der Waals surface area contributed by atoms with Gasteiger partial charge in [0.15, 0.2) is 5.65 Å². The first kappa shape index (κ1) is 15.6. The number of hydrogen-bond acceptors (Lipinski definition) is 4. The van der Waals surface area contributed by atoms with Crippen molar-refractivity contribution in [3.8, 4) is 0 Å². The number of nitrogens with zero attached hydrogens (tertiary/aromatic N) is 4. The van der Waals surface area contributed by atoms with E-state index in [1.54, 1.807) is 0 Å². The maximum atomic E-state index is 12.7. The monoisotopic (exact) mass is 328 g/mol. The van der Waals surface area contributed by atoms with E-state index in [-0.39, 0.29) is 5.92 Å². The van der Waals surface area contributed by atoms with E-state index in [4.69, 9.17) is 9.84 Å². The number of pyridine rings is 1. The number of aromatic nitrogens is 3. The minimum atomic E-state index is 0.162. The van der Waals surface area contributed by atoms with Crippen molar-refractivity contribution in [1.82, 2.24) is 19.7 Å². The molecule has 0 atom stereocenters. The van der Waals surface area contributed by atoms with Gasteiger partial charge >= 0.3 is 0 Å². The third kappa shape index (κ3) is 2.79. The smallest absolute Gasteiger partial charge is 0.225 e. The molecule has 0 unspecified atom stereocenters. The van der Waals surface area contributed by atoms with Gasteiger partial charge in [-0.2, -0.15) is 5.10 Å². The summed E-state index contributed by atoms with van der Waals surface area (Å²) in [6.45, 7) is 3.11. The molecule has 0 radical (unpaired) electrons. The normalized spacial score (nSPS) is 20.6. The predicted molar refractivity (Wildman–Crippen MR) is 90.6 cm³/mol. The number of ether oxygens (including phenoxy) is 1. The predicted octanol–water partition coefficient (Wildman–Crippen LogP) is 2.10. The number of amides is 1. The van der Waals surface area contributed by atoms with Crippen LogP contribution in [0, 0.1) is 5.92 Å². The van der Waals surface area contributed by atoms with E-state index in [1.807, 2.05) is 24.0 Å². The van der Waals surface area contributed by atoms with E-state index in [9.17, 15) is 4.79 Å². The summed E-state index contributed by atoms with van der Waals surface area (Å²) in [5.41, 5.74) is 2.08. The summed E-state index contributed by atoms with van der Waals surface area (Å²) in [6.07, 6.45) is 5.51. The average Bonchev–Trinajstić information content (AvgIpc) is 2.99. The number of rotatable bonds is 2. The van der Waals surface area contributed by atoms with Gasteiger partial charge in [0.05, 0.1) is 5.69 Å². The van der Waals surface area contributed by atoms with Crippen molar-refractivity contribution in [3.63, 3.8) is 0 Å². The van der Waals surface area contributed by atoms with E-state index in [0.717, 1.165) is 68.7 Å². The molecular formula is C18H24N4O2. The number of hydrogen-bond donors (Lipinski definition) is 0. The second kappa shape index (κ2) is 6.51. The first-order chi connectivity index (χ1) is 11.7. The summed E-state index contributed by atoms with van der Waals surface area (Å²) < 4.78 is 7.23. The van der Waals surface area contributed by atoms with Gasteiger partial charge in [0.1, 0.15) is 0 Å². The summed E-state index contributed by atoms with van der Waals surface area (Å²) in [4.78, 5) is 19.1. The van der Waals surface area contributed by atoms with Crippen LogP contribution in [0.15, 0.2) is 18.3 Å². The zero-order chi connectivity index (χ0) is 16.5. The number of likely N-dealkylation sites (tertiary alicyclic amines) is 1. The van der Waals surface area contributed by atoms with E-state index in [1.165, 1.54) is 0 Å². The highest BCUT2D eigenvalue weighted by atomic mass is 16.5. The maximum absolute atomic E-state index is 12.7. The van der Waals surface area contributed by atoms with Crippen LogP contribution in [-0.4, -0.2) is 51.9 Å². The number of aryl methyl sites for hydroxylation is 1. The lowest BCUT2D eigenvalue weighted by Crippen LogP contribution is -2.42. The molecule has 4 rings (SSSR count). The molecule has 0 aliphatic carbocycles. The highest BCUT2D eigenvalue weighted by Gasteiger charge is 2.31. The molecule has 0 saturated carbocycles. The van der Waals surface area contributed by atoms with Crippen molar-refractivity contribution in [3.05, 3.63) is 24.0 Å². The van der Waals surface area contributed by atoms with Gasteiger partial charge in [-0.15, -0.1) is 0 Å². The first-order valence-corrected chi connectivity index (χ1v) is 8.88. The Morgan fingerprint density at radius 1 is 1.21 bits per heavy atom. The van der Waals surface area contributed by atoms with Crippen LogP contribution in [0.2, 0.25) is 0 Å². The molecular weight excluding hydrogens is 304 g/mol. The molecule has 0 bridgehead atoms. The highest BCUT2D eigenvalue weighted by molar-refractivity contribution is 5.80. The van der Waals surface area contributed by atoms with Crippen molar-refractivity contribution in [1.29, 1.82) is 0 Å². The van der Waals surface area contributed by atoms with Gasteiger partial charge in [0.25, 0.3) is 0 Å². The van der Waals surface area contributed by atoms with E-state index < -0.39 is 0 Å². The van der Waals surface area contributed by atoms with Crippen LogP contribution in [0.25, 0.3) is 11.0 Å². The quantitative estimate of drug-likeness (QED) is 0.847. The van der Waals surface area contributed by atoms with Gasteiger partial charge in [0, 0.05) is 56.8 Å². The molecule has 2 saturated heterocycles. The molecule has 0 N–H and O–H groups in total. The van der Waals surface area contributed by atoms with Gasteiger partial charge in [-0.25, -0.2) is 4.98 Å². The number of piperidine rings is 1. The summed E-state index contributed by atoms with van der Waals surface area (Å²) in [7, 11) is 1.95. The number of carbonyl (C=O) groups is 1. The molecule has 2 aromatic heterocycles. The van der Waals surface area contributed by atoms with Crippen LogP contribution < -0.4 is 0 Å². The molecule has 128 valence electrons. The van der Waals surface area contributed by atoms with Crippen LogP contribution in [0.3, 0.4) is 0 Å². The number of fused-ring (bicyclic) bond motifs is 1. The summed E-state index contributed by atoms with van der Waals surface area (Å²) in [5.74, 6) is 0.899. The molecule has 2 fully saturated rings. The van der Waals surface area contributed by atoms with Crippen molar-refractivity contribution in [2.24, 2.45) is 13.0 Å². The SMILES string of the molecule is Cn1nc(C2CCN(C(=O)C3CCOCC3)CC2)c2cccnc21. The van der Waals surface area contributed by atoms with Crippen LogP contribution in [-0.2, 0) is 16.6 Å². The second-order valence-electron chi connectivity index (χ2n) is 6.87. The molecule has 0 spiro atoms. The Morgan fingerprint density at radius 3 is 2.71 bits per heavy atom. The minimum absolute atomic E-state index is 0.162. The molecule has 24 heavy (non-hydrogen) atoms. The molecule has 6 nitrogen and oxygen atoms in total. The lowest BCUT2D eigenvalue weighted by Gasteiger charge is -2.34. The topological polar surface area (TPSA) is 60.2 Å². The van der Waals surface area contributed by atoms with Crippen molar-refractivity contribution in [2.75, 3.05) is 26.3 Å². The first-order valence-electron chi connectivity index (χ1n) is 8.88. The molecule has 0 aromatic carbocycles. The lowest BCUT2D eigenvalue weighted by atomic mass is 9.90. The fourth-order valence-electron chi connectivity index (χ4n) is 4.00. The van der Waals surface area contributed by atoms with Crippen LogP contribution in [0.4, 0.5) is 0 Å². The zero-order valence-corrected chi connectivity index (χ0v) is 14.1. The standard InChI is InChI=1S/C18H24N4O2/c1-21-17-15(3-2-8-19-17)16(20-21)13-4-9-22(10-5-13)18(23)14-6-11-24-12-7-14/h2-3,8,13-14H,4-7,9-12H2,1H3. The molecule has 2 aliphatic rings. The van der Waals surface area contributed by atoms with Crippen LogP contribution in [0.1, 0.15) is 37.3 Å². The lowest BCUT2D eigenvalue weighted by molar-refractivity contribution is -0.139. The van der Waals surface area contributed by atoms with Gasteiger partial charge in [-0.3, -0.25) is 9.48 Å². The van der Waals surface area contributed by atoms with Gasteiger partial charge in [0.2, 0.25) is 5.91 Å². The third-order valence-corrected chi connectivity index (χ3v) is 5.39. The summed E-state index contributed by atoms with van der Waals surface area (Å²) >= 11 is 0. The Kier molecular flexibility index (Phi) is 4.22. The molecule has 2 aromatic rings.